The van der Waals surface area contributed by atoms with Crippen molar-refractivity contribution < 1.29 is 4.74 Å². The number of nitrogens with one attached hydrogen (secondary N) is 1. The number of unbranched alkanes of at least 4 members (excludes halogenated alkanes) is 6. The lowest BCUT2D eigenvalue weighted by atomic mass is 10.1. The minimum absolute atomic E-state index is 0.820. The lowest BCUT2D eigenvalue weighted by Crippen LogP contribution is -2.02. The molecule has 0 spiro atoms. The standard InChI is InChI=1S/C22H33NO/c1-3-5-7-9-16-23-22-13-11-12-19-18-20(14-15-21(19)22)24-17-10-8-6-4-2/h11-15,18,23H,3-10,16-17H2,1-2H3. The van der Waals surface area contributed by atoms with E-state index in [9.17, 15) is 0 Å². The van der Waals surface area contributed by atoms with E-state index < -0.39 is 0 Å². The highest BCUT2D eigenvalue weighted by Crippen LogP contribution is 2.27. The first kappa shape index (κ1) is 18.6. The fraction of sp³-hybridized carbons (Fsp3) is 0.545. The van der Waals surface area contributed by atoms with Crippen LogP contribution in [0.25, 0.3) is 10.8 Å². The van der Waals surface area contributed by atoms with Gasteiger partial charge in [-0.25, -0.2) is 0 Å². The van der Waals surface area contributed by atoms with Crippen molar-refractivity contribution in [3.63, 3.8) is 0 Å². The van der Waals surface area contributed by atoms with E-state index in [-0.39, 0.29) is 0 Å². The zero-order valence-corrected chi connectivity index (χ0v) is 15.4. The molecular formula is C22H33NO. The zero-order chi connectivity index (χ0) is 17.0. The molecule has 0 aliphatic heterocycles. The molecule has 0 saturated heterocycles. The summed E-state index contributed by atoms with van der Waals surface area (Å²) < 4.78 is 5.91. The highest BCUT2D eigenvalue weighted by Gasteiger charge is 2.02. The minimum atomic E-state index is 0.820. The summed E-state index contributed by atoms with van der Waals surface area (Å²) in [7, 11) is 0. The number of hydrogen-bond donors (Lipinski definition) is 1. The molecule has 132 valence electrons. The van der Waals surface area contributed by atoms with Crippen molar-refractivity contribution in [3.05, 3.63) is 36.4 Å². The van der Waals surface area contributed by atoms with Crippen LogP contribution in [0.1, 0.15) is 65.2 Å². The van der Waals surface area contributed by atoms with Crippen LogP contribution in [-0.4, -0.2) is 13.2 Å². The molecule has 2 nitrogen and oxygen atoms in total. The predicted molar refractivity (Wildman–Crippen MR) is 106 cm³/mol. The van der Waals surface area contributed by atoms with Gasteiger partial charge in [-0.1, -0.05) is 64.5 Å². The second kappa shape index (κ2) is 11.0. The van der Waals surface area contributed by atoms with E-state index in [1.54, 1.807) is 0 Å². The maximum atomic E-state index is 5.91. The summed E-state index contributed by atoms with van der Waals surface area (Å²) in [6, 6.07) is 12.9. The van der Waals surface area contributed by atoms with Crippen LogP contribution in [0.4, 0.5) is 5.69 Å². The van der Waals surface area contributed by atoms with Crippen LogP contribution in [0.3, 0.4) is 0 Å². The van der Waals surface area contributed by atoms with E-state index in [0.717, 1.165) is 25.3 Å². The van der Waals surface area contributed by atoms with Crippen LogP contribution in [0.2, 0.25) is 0 Å². The summed E-state index contributed by atoms with van der Waals surface area (Å²) in [6.07, 6.45) is 10.1. The van der Waals surface area contributed by atoms with E-state index in [0.29, 0.717) is 0 Å². The number of fused-ring (bicyclic) bond motifs is 1. The topological polar surface area (TPSA) is 21.3 Å². The summed E-state index contributed by atoms with van der Waals surface area (Å²) in [5.74, 6) is 0.985. The van der Waals surface area contributed by atoms with Crippen LogP contribution in [0.5, 0.6) is 5.75 Å². The first-order valence-corrected chi connectivity index (χ1v) is 9.74. The van der Waals surface area contributed by atoms with Crippen molar-refractivity contribution in [2.45, 2.75) is 65.2 Å². The number of ether oxygens (including phenoxy) is 1. The molecule has 0 atom stereocenters. The van der Waals surface area contributed by atoms with Crippen molar-refractivity contribution in [2.24, 2.45) is 0 Å². The van der Waals surface area contributed by atoms with Gasteiger partial charge in [0.1, 0.15) is 5.75 Å². The zero-order valence-electron chi connectivity index (χ0n) is 15.4. The third kappa shape index (κ3) is 6.07. The van der Waals surface area contributed by atoms with Gasteiger partial charge in [-0.05, 0) is 42.5 Å². The first-order valence-electron chi connectivity index (χ1n) is 9.74. The number of benzene rings is 2. The van der Waals surface area contributed by atoms with Gasteiger partial charge in [0, 0.05) is 17.6 Å². The Morgan fingerprint density at radius 3 is 2.42 bits per heavy atom. The highest BCUT2D eigenvalue weighted by molar-refractivity contribution is 5.94. The lowest BCUT2D eigenvalue weighted by molar-refractivity contribution is 0.305. The minimum Gasteiger partial charge on any atom is -0.494 e. The molecule has 2 rings (SSSR count). The molecule has 1 N–H and O–H groups in total. The fourth-order valence-corrected chi connectivity index (χ4v) is 3.00. The molecule has 0 heterocycles. The fourth-order valence-electron chi connectivity index (χ4n) is 3.00. The Morgan fingerprint density at radius 2 is 1.62 bits per heavy atom. The Kier molecular flexibility index (Phi) is 8.51. The summed E-state index contributed by atoms with van der Waals surface area (Å²) in [4.78, 5) is 0. The summed E-state index contributed by atoms with van der Waals surface area (Å²) in [5.41, 5.74) is 1.23. The van der Waals surface area contributed by atoms with Crippen LogP contribution in [0.15, 0.2) is 36.4 Å². The number of anilines is 1. The van der Waals surface area contributed by atoms with E-state index in [2.05, 4.69) is 55.6 Å². The van der Waals surface area contributed by atoms with Crippen molar-refractivity contribution in [2.75, 3.05) is 18.5 Å². The molecule has 2 aromatic rings. The van der Waals surface area contributed by atoms with E-state index >= 15 is 0 Å². The molecule has 0 aromatic heterocycles. The van der Waals surface area contributed by atoms with Gasteiger partial charge in [-0.3, -0.25) is 0 Å². The summed E-state index contributed by atoms with van der Waals surface area (Å²) in [5, 5.41) is 6.12. The lowest BCUT2D eigenvalue weighted by Gasteiger charge is -2.11. The van der Waals surface area contributed by atoms with Crippen molar-refractivity contribution >= 4 is 16.5 Å². The quantitative estimate of drug-likeness (QED) is 0.433. The molecule has 24 heavy (non-hydrogen) atoms. The maximum absolute atomic E-state index is 5.91. The molecule has 0 bridgehead atoms. The van der Waals surface area contributed by atoms with Gasteiger partial charge in [0.05, 0.1) is 6.61 Å². The molecule has 0 fully saturated rings. The van der Waals surface area contributed by atoms with Gasteiger partial charge in [0.25, 0.3) is 0 Å². The molecule has 0 saturated carbocycles. The second-order valence-corrected chi connectivity index (χ2v) is 6.59. The summed E-state index contributed by atoms with van der Waals surface area (Å²) in [6.45, 7) is 6.36. The second-order valence-electron chi connectivity index (χ2n) is 6.59. The molecule has 0 radical (unpaired) electrons. The molecule has 0 amide bonds. The van der Waals surface area contributed by atoms with Gasteiger partial charge in [0.15, 0.2) is 0 Å². The maximum Gasteiger partial charge on any atom is 0.119 e. The van der Waals surface area contributed by atoms with E-state index in [1.165, 1.54) is 61.4 Å². The average molecular weight is 328 g/mol. The van der Waals surface area contributed by atoms with Crippen LogP contribution >= 0.6 is 0 Å². The molecule has 2 heteroatoms. The Bertz CT molecular complexity index is 594. The first-order chi connectivity index (χ1) is 11.8. The third-order valence-corrected chi connectivity index (χ3v) is 4.46. The Hall–Kier alpha value is -1.70. The van der Waals surface area contributed by atoms with Gasteiger partial charge < -0.3 is 10.1 Å². The summed E-state index contributed by atoms with van der Waals surface area (Å²) >= 11 is 0. The predicted octanol–water partition coefficient (Wildman–Crippen LogP) is 6.79. The van der Waals surface area contributed by atoms with Gasteiger partial charge in [-0.15, -0.1) is 0 Å². The van der Waals surface area contributed by atoms with Crippen molar-refractivity contribution in [1.82, 2.24) is 0 Å². The van der Waals surface area contributed by atoms with Crippen LogP contribution in [0, 0.1) is 0 Å². The monoisotopic (exact) mass is 327 g/mol. The van der Waals surface area contributed by atoms with Gasteiger partial charge in [-0.2, -0.15) is 0 Å². The Balaban J connectivity index is 1.90. The van der Waals surface area contributed by atoms with Crippen molar-refractivity contribution in [3.8, 4) is 5.75 Å². The average Bonchev–Trinajstić information content (AvgIpc) is 2.61. The highest BCUT2D eigenvalue weighted by atomic mass is 16.5. The molecule has 0 unspecified atom stereocenters. The smallest absolute Gasteiger partial charge is 0.119 e. The molecule has 0 aliphatic rings. The van der Waals surface area contributed by atoms with Crippen molar-refractivity contribution in [1.29, 1.82) is 0 Å². The SMILES string of the molecule is CCCCCCNc1cccc2cc(OCCCCCC)ccc12. The van der Waals surface area contributed by atoms with E-state index in [1.807, 2.05) is 0 Å². The van der Waals surface area contributed by atoms with Gasteiger partial charge >= 0.3 is 0 Å². The number of hydrogen-bond acceptors (Lipinski definition) is 2. The Labute approximate surface area is 147 Å². The molecular weight excluding hydrogens is 294 g/mol. The molecule has 2 aromatic carbocycles. The molecule has 0 aliphatic carbocycles. The number of rotatable bonds is 12. The van der Waals surface area contributed by atoms with Crippen LogP contribution in [-0.2, 0) is 0 Å². The third-order valence-electron chi connectivity index (χ3n) is 4.46. The largest absolute Gasteiger partial charge is 0.494 e. The van der Waals surface area contributed by atoms with Crippen LogP contribution < -0.4 is 10.1 Å². The van der Waals surface area contributed by atoms with E-state index in [4.69, 9.17) is 4.74 Å². The Morgan fingerprint density at radius 1 is 0.833 bits per heavy atom. The normalized spacial score (nSPS) is 10.9. The van der Waals surface area contributed by atoms with Gasteiger partial charge in [0.2, 0.25) is 0 Å².